The Hall–Kier alpha value is -0.220. The van der Waals surface area contributed by atoms with Gasteiger partial charge in [-0.1, -0.05) is 13.8 Å². The summed E-state index contributed by atoms with van der Waals surface area (Å²) in [6.45, 7) is 3.97. The fraction of sp³-hybridized carbons (Fsp3) is 1.00. The minimum atomic E-state index is -2.30. The van der Waals surface area contributed by atoms with Crippen molar-refractivity contribution in [1.29, 1.82) is 0 Å². The van der Waals surface area contributed by atoms with Crippen LogP contribution in [0.1, 0.15) is 33.1 Å². The topological polar surface area (TPSA) is 23.5 Å². The van der Waals surface area contributed by atoms with Crippen LogP contribution in [0, 0.1) is 5.41 Å². The van der Waals surface area contributed by atoms with Gasteiger partial charge in [-0.15, -0.1) is 0 Å². The van der Waals surface area contributed by atoms with Crippen molar-refractivity contribution in [3.8, 4) is 0 Å². The number of halogens is 2. The summed E-state index contributed by atoms with van der Waals surface area (Å²) < 4.78 is 24.6. The molecule has 2 nitrogen and oxygen atoms in total. The third-order valence-electron chi connectivity index (χ3n) is 3.48. The number of alkyl halides is 2. The first kappa shape index (κ1) is 12.8. The molecule has 1 fully saturated rings. The van der Waals surface area contributed by atoms with Crippen molar-refractivity contribution in [1.82, 2.24) is 4.90 Å². The largest absolute Gasteiger partial charge is 0.393 e. The fourth-order valence-corrected chi connectivity index (χ4v) is 2.52. The lowest BCUT2D eigenvalue weighted by Gasteiger charge is -2.45. The molecule has 0 amide bonds. The standard InChI is InChI=1S/C11H21F2NO/c1-11(2)5-4-8(15)6-9(11)14(3)7-10(12)13/h8-10,15H,4-7H2,1-3H3. The Kier molecular flexibility index (Phi) is 4.06. The molecule has 90 valence electrons. The number of hydrogen-bond acceptors (Lipinski definition) is 2. The van der Waals surface area contributed by atoms with E-state index in [9.17, 15) is 13.9 Å². The minimum absolute atomic E-state index is 0.0167. The summed E-state index contributed by atoms with van der Waals surface area (Å²) in [6, 6.07) is 0.0512. The molecule has 15 heavy (non-hydrogen) atoms. The van der Waals surface area contributed by atoms with Gasteiger partial charge in [0, 0.05) is 6.04 Å². The van der Waals surface area contributed by atoms with Gasteiger partial charge >= 0.3 is 0 Å². The molecule has 0 aliphatic heterocycles. The monoisotopic (exact) mass is 221 g/mol. The molecule has 1 rings (SSSR count). The molecule has 1 aliphatic carbocycles. The second-order valence-corrected chi connectivity index (χ2v) is 5.26. The molecule has 2 atom stereocenters. The Labute approximate surface area is 90.3 Å². The van der Waals surface area contributed by atoms with Crippen molar-refractivity contribution in [3.05, 3.63) is 0 Å². The first-order chi connectivity index (χ1) is 6.83. The molecule has 4 heteroatoms. The summed E-state index contributed by atoms with van der Waals surface area (Å²) in [5, 5.41) is 9.58. The van der Waals surface area contributed by atoms with Crippen molar-refractivity contribution in [2.75, 3.05) is 13.6 Å². The van der Waals surface area contributed by atoms with E-state index in [-0.39, 0.29) is 24.1 Å². The number of hydrogen-bond donors (Lipinski definition) is 1. The Morgan fingerprint density at radius 1 is 1.47 bits per heavy atom. The van der Waals surface area contributed by atoms with Gasteiger partial charge in [0.05, 0.1) is 12.6 Å². The van der Waals surface area contributed by atoms with Crippen LogP contribution in [0.15, 0.2) is 0 Å². The maximum atomic E-state index is 12.3. The third-order valence-corrected chi connectivity index (χ3v) is 3.48. The summed E-state index contributed by atoms with van der Waals surface area (Å²) in [5.41, 5.74) is 0.0167. The van der Waals surface area contributed by atoms with E-state index in [0.717, 1.165) is 12.8 Å². The smallest absolute Gasteiger partial charge is 0.251 e. The summed E-state index contributed by atoms with van der Waals surface area (Å²) in [6.07, 6.45) is -0.345. The second kappa shape index (κ2) is 4.74. The van der Waals surface area contributed by atoms with Crippen LogP contribution in [0.25, 0.3) is 0 Å². The zero-order chi connectivity index (χ0) is 11.6. The molecule has 0 spiro atoms. The van der Waals surface area contributed by atoms with Crippen LogP contribution in [0.5, 0.6) is 0 Å². The maximum absolute atomic E-state index is 12.3. The van der Waals surface area contributed by atoms with Crippen LogP contribution in [-0.2, 0) is 0 Å². The molecule has 0 aromatic carbocycles. The third kappa shape index (κ3) is 3.38. The van der Waals surface area contributed by atoms with Gasteiger partial charge in [0.1, 0.15) is 0 Å². The summed E-state index contributed by atoms with van der Waals surface area (Å²) in [4.78, 5) is 1.69. The zero-order valence-corrected chi connectivity index (χ0v) is 9.71. The van der Waals surface area contributed by atoms with Gasteiger partial charge in [-0.2, -0.15) is 0 Å². The van der Waals surface area contributed by atoms with E-state index in [0.29, 0.717) is 6.42 Å². The molecular formula is C11H21F2NO. The summed E-state index contributed by atoms with van der Waals surface area (Å²) in [5.74, 6) is 0. The van der Waals surface area contributed by atoms with Gasteiger partial charge in [0.15, 0.2) is 0 Å². The van der Waals surface area contributed by atoms with E-state index in [1.54, 1.807) is 11.9 Å². The van der Waals surface area contributed by atoms with Gasteiger partial charge in [0.2, 0.25) is 0 Å². The van der Waals surface area contributed by atoms with E-state index in [4.69, 9.17) is 0 Å². The van der Waals surface area contributed by atoms with Crippen molar-refractivity contribution >= 4 is 0 Å². The predicted molar refractivity (Wildman–Crippen MR) is 56.1 cm³/mol. The van der Waals surface area contributed by atoms with Crippen LogP contribution < -0.4 is 0 Å². The number of nitrogens with zero attached hydrogens (tertiary/aromatic N) is 1. The van der Waals surface area contributed by atoms with Gasteiger partial charge in [-0.05, 0) is 31.7 Å². The first-order valence-corrected chi connectivity index (χ1v) is 5.49. The highest BCUT2D eigenvalue weighted by Crippen LogP contribution is 2.38. The minimum Gasteiger partial charge on any atom is -0.393 e. The highest BCUT2D eigenvalue weighted by molar-refractivity contribution is 4.91. The predicted octanol–water partition coefficient (Wildman–Crippen LogP) is 2.12. The van der Waals surface area contributed by atoms with E-state index >= 15 is 0 Å². The van der Waals surface area contributed by atoms with Gasteiger partial charge in [0.25, 0.3) is 6.43 Å². The summed E-state index contributed by atoms with van der Waals surface area (Å²) >= 11 is 0. The highest BCUT2D eigenvalue weighted by Gasteiger charge is 2.38. The molecule has 1 saturated carbocycles. The Morgan fingerprint density at radius 2 is 2.07 bits per heavy atom. The normalized spacial score (nSPS) is 31.2. The van der Waals surface area contributed by atoms with E-state index in [1.807, 2.05) is 0 Å². The van der Waals surface area contributed by atoms with Gasteiger partial charge in [-0.3, -0.25) is 4.90 Å². The van der Waals surface area contributed by atoms with Crippen LogP contribution >= 0.6 is 0 Å². The van der Waals surface area contributed by atoms with Crippen LogP contribution in [-0.4, -0.2) is 42.2 Å². The Balaban J connectivity index is 2.63. The van der Waals surface area contributed by atoms with Crippen LogP contribution in [0.3, 0.4) is 0 Å². The molecule has 1 aliphatic rings. The average Bonchev–Trinajstić information content (AvgIpc) is 2.08. The van der Waals surface area contributed by atoms with Crippen LogP contribution in [0.4, 0.5) is 8.78 Å². The van der Waals surface area contributed by atoms with Gasteiger partial charge < -0.3 is 5.11 Å². The zero-order valence-electron chi connectivity index (χ0n) is 9.71. The molecule has 0 heterocycles. The van der Waals surface area contributed by atoms with E-state index in [2.05, 4.69) is 13.8 Å². The molecule has 1 N–H and O–H groups in total. The van der Waals surface area contributed by atoms with Crippen molar-refractivity contribution in [2.24, 2.45) is 5.41 Å². The van der Waals surface area contributed by atoms with Crippen molar-refractivity contribution < 1.29 is 13.9 Å². The lowest BCUT2D eigenvalue weighted by molar-refractivity contribution is -0.0215. The molecule has 0 radical (unpaired) electrons. The SMILES string of the molecule is CN(CC(F)F)C1CC(O)CCC1(C)C. The highest BCUT2D eigenvalue weighted by atomic mass is 19.3. The average molecular weight is 221 g/mol. The van der Waals surface area contributed by atoms with Crippen LogP contribution in [0.2, 0.25) is 0 Å². The Bertz CT molecular complexity index is 209. The quantitative estimate of drug-likeness (QED) is 0.789. The molecule has 0 saturated heterocycles. The summed E-state index contributed by atoms with van der Waals surface area (Å²) in [7, 11) is 1.72. The molecule has 2 unspecified atom stereocenters. The number of rotatable bonds is 3. The second-order valence-electron chi connectivity index (χ2n) is 5.26. The van der Waals surface area contributed by atoms with Gasteiger partial charge in [-0.25, -0.2) is 8.78 Å². The molecule has 0 aromatic rings. The van der Waals surface area contributed by atoms with Crippen molar-refractivity contribution in [3.63, 3.8) is 0 Å². The van der Waals surface area contributed by atoms with Crippen molar-refractivity contribution in [2.45, 2.75) is 51.7 Å². The molecule has 0 bridgehead atoms. The fourth-order valence-electron chi connectivity index (χ4n) is 2.52. The van der Waals surface area contributed by atoms with E-state index < -0.39 is 6.43 Å². The maximum Gasteiger partial charge on any atom is 0.251 e. The lowest BCUT2D eigenvalue weighted by Crippen LogP contribution is -2.49. The van der Waals surface area contributed by atoms with E-state index in [1.165, 1.54) is 0 Å². The number of aliphatic hydroxyl groups excluding tert-OH is 1. The first-order valence-electron chi connectivity index (χ1n) is 5.49. The molecule has 0 aromatic heterocycles. The lowest BCUT2D eigenvalue weighted by atomic mass is 9.71. The Morgan fingerprint density at radius 3 is 2.60 bits per heavy atom. The number of aliphatic hydroxyl groups is 1. The molecular weight excluding hydrogens is 200 g/mol.